The van der Waals surface area contributed by atoms with Crippen LogP contribution in [0.15, 0.2) is 0 Å². The second kappa shape index (κ2) is 2.69. The maximum absolute atomic E-state index is 13.7. The molecule has 13 heavy (non-hydrogen) atoms. The van der Waals surface area contributed by atoms with E-state index in [0.29, 0.717) is 19.3 Å². The van der Waals surface area contributed by atoms with Gasteiger partial charge in [-0.1, -0.05) is 0 Å². The van der Waals surface area contributed by atoms with E-state index >= 15 is 0 Å². The van der Waals surface area contributed by atoms with Crippen LogP contribution in [-0.4, -0.2) is 17.1 Å². The van der Waals surface area contributed by atoms with E-state index in [1.165, 1.54) is 0 Å². The molecule has 0 radical (unpaired) electrons. The molecule has 3 aliphatic carbocycles. The number of rotatable bonds is 1. The molecule has 3 fully saturated rings. The fourth-order valence-electron chi connectivity index (χ4n) is 2.70. The van der Waals surface area contributed by atoms with Crippen LogP contribution < -0.4 is 5.32 Å². The van der Waals surface area contributed by atoms with Crippen LogP contribution in [0.3, 0.4) is 0 Å². The Bertz CT molecular complexity index is 215. The van der Waals surface area contributed by atoms with Gasteiger partial charge in [0.25, 0.3) is 0 Å². The molecule has 3 saturated carbocycles. The Balaban J connectivity index is 2.07. The summed E-state index contributed by atoms with van der Waals surface area (Å²) in [6, 6.07) is 0. The lowest BCUT2D eigenvalue weighted by molar-refractivity contribution is -0.123. The van der Waals surface area contributed by atoms with Crippen molar-refractivity contribution in [3.8, 4) is 0 Å². The Morgan fingerprint density at radius 3 is 2.00 bits per heavy atom. The maximum Gasteiger partial charge on any atom is 0.217 e. The first-order valence-electron chi connectivity index (χ1n) is 5.01. The SMILES string of the molecule is CC(=O)NC12CCC(F)(CC1)CC2. The van der Waals surface area contributed by atoms with Gasteiger partial charge in [-0.3, -0.25) is 4.79 Å². The molecule has 0 unspecified atom stereocenters. The predicted octanol–water partition coefficient (Wildman–Crippen LogP) is 1.94. The Hall–Kier alpha value is -0.600. The Kier molecular flexibility index (Phi) is 1.86. The highest BCUT2D eigenvalue weighted by molar-refractivity contribution is 5.73. The summed E-state index contributed by atoms with van der Waals surface area (Å²) in [6.45, 7) is 1.54. The minimum absolute atomic E-state index is 0.0215. The Morgan fingerprint density at radius 2 is 1.62 bits per heavy atom. The third kappa shape index (κ3) is 1.56. The summed E-state index contributed by atoms with van der Waals surface area (Å²) in [5.74, 6) is 0.0215. The standard InChI is InChI=1S/C10H16FNO/c1-8(13)12-10-5-2-9(11,3-6-10)4-7-10/h2-7H2,1H3,(H,12,13). The number of hydrogen-bond acceptors (Lipinski definition) is 1. The van der Waals surface area contributed by atoms with Crippen LogP contribution in [-0.2, 0) is 4.79 Å². The number of amides is 1. The maximum atomic E-state index is 13.7. The number of carbonyl (C=O) groups excluding carboxylic acids is 1. The largest absolute Gasteiger partial charge is 0.351 e. The Labute approximate surface area is 77.9 Å². The van der Waals surface area contributed by atoms with Gasteiger partial charge in [-0.05, 0) is 38.5 Å². The van der Waals surface area contributed by atoms with E-state index in [9.17, 15) is 9.18 Å². The number of alkyl halides is 1. The first-order chi connectivity index (χ1) is 6.04. The number of fused-ring (bicyclic) bond motifs is 3. The summed E-state index contributed by atoms with van der Waals surface area (Å²) < 4.78 is 13.7. The van der Waals surface area contributed by atoms with Crippen LogP contribution in [0.4, 0.5) is 4.39 Å². The topological polar surface area (TPSA) is 29.1 Å². The third-order valence-corrected chi connectivity index (χ3v) is 3.60. The van der Waals surface area contributed by atoms with Gasteiger partial charge in [0, 0.05) is 12.5 Å². The van der Waals surface area contributed by atoms with Crippen LogP contribution in [0.5, 0.6) is 0 Å². The van der Waals surface area contributed by atoms with Gasteiger partial charge in [0.05, 0.1) is 0 Å². The summed E-state index contributed by atoms with van der Waals surface area (Å²) in [6.07, 6.45) is 4.36. The summed E-state index contributed by atoms with van der Waals surface area (Å²) in [5, 5.41) is 2.99. The van der Waals surface area contributed by atoms with E-state index in [1.54, 1.807) is 6.92 Å². The molecule has 0 aromatic carbocycles. The summed E-state index contributed by atoms with van der Waals surface area (Å²) in [4.78, 5) is 11.0. The molecule has 0 atom stereocenters. The van der Waals surface area contributed by atoms with E-state index in [-0.39, 0.29) is 11.4 Å². The zero-order valence-corrected chi connectivity index (χ0v) is 8.03. The molecule has 1 N–H and O–H groups in total. The van der Waals surface area contributed by atoms with Crippen LogP contribution >= 0.6 is 0 Å². The van der Waals surface area contributed by atoms with E-state index in [0.717, 1.165) is 19.3 Å². The highest BCUT2D eigenvalue weighted by Crippen LogP contribution is 2.48. The minimum Gasteiger partial charge on any atom is -0.351 e. The molecule has 0 aliphatic heterocycles. The first kappa shape index (κ1) is 8.97. The molecule has 0 aromatic rings. The summed E-state index contributed by atoms with van der Waals surface area (Å²) in [5.41, 5.74) is -0.958. The molecule has 0 saturated heterocycles. The van der Waals surface area contributed by atoms with E-state index in [1.807, 2.05) is 0 Å². The van der Waals surface area contributed by atoms with Gasteiger partial charge >= 0.3 is 0 Å². The van der Waals surface area contributed by atoms with Gasteiger partial charge in [0.2, 0.25) is 5.91 Å². The molecule has 1 amide bonds. The fraction of sp³-hybridized carbons (Fsp3) is 0.900. The highest BCUT2D eigenvalue weighted by atomic mass is 19.1. The third-order valence-electron chi connectivity index (χ3n) is 3.60. The van der Waals surface area contributed by atoms with Crippen molar-refractivity contribution in [2.45, 2.75) is 56.7 Å². The van der Waals surface area contributed by atoms with Crippen molar-refractivity contribution in [1.82, 2.24) is 5.32 Å². The van der Waals surface area contributed by atoms with Crippen LogP contribution in [0.25, 0.3) is 0 Å². The average molecular weight is 185 g/mol. The molecule has 0 heterocycles. The number of carbonyl (C=O) groups is 1. The van der Waals surface area contributed by atoms with E-state index in [2.05, 4.69) is 5.32 Å². The zero-order chi connectivity index (χ0) is 9.53. The molecule has 2 bridgehead atoms. The fourth-order valence-corrected chi connectivity index (χ4v) is 2.70. The molecular weight excluding hydrogens is 169 g/mol. The molecule has 0 spiro atoms. The molecule has 74 valence electrons. The van der Waals surface area contributed by atoms with E-state index in [4.69, 9.17) is 0 Å². The van der Waals surface area contributed by atoms with Crippen molar-refractivity contribution < 1.29 is 9.18 Å². The van der Waals surface area contributed by atoms with Gasteiger partial charge < -0.3 is 5.32 Å². The number of nitrogens with one attached hydrogen (secondary N) is 1. The van der Waals surface area contributed by atoms with Gasteiger partial charge in [0.15, 0.2) is 0 Å². The Morgan fingerprint density at radius 1 is 1.15 bits per heavy atom. The van der Waals surface area contributed by atoms with Gasteiger partial charge in [-0.2, -0.15) is 0 Å². The van der Waals surface area contributed by atoms with Gasteiger partial charge in [-0.25, -0.2) is 4.39 Å². The lowest BCUT2D eigenvalue weighted by Gasteiger charge is -2.49. The van der Waals surface area contributed by atoms with Crippen molar-refractivity contribution in [3.05, 3.63) is 0 Å². The molecule has 2 nitrogen and oxygen atoms in total. The highest BCUT2D eigenvalue weighted by Gasteiger charge is 2.49. The van der Waals surface area contributed by atoms with Crippen molar-refractivity contribution in [1.29, 1.82) is 0 Å². The molecule has 3 heteroatoms. The van der Waals surface area contributed by atoms with Crippen molar-refractivity contribution in [2.24, 2.45) is 0 Å². The first-order valence-corrected chi connectivity index (χ1v) is 5.01. The van der Waals surface area contributed by atoms with E-state index < -0.39 is 5.67 Å². The molecule has 3 rings (SSSR count). The van der Waals surface area contributed by atoms with Gasteiger partial charge in [-0.15, -0.1) is 0 Å². The van der Waals surface area contributed by atoms with Crippen molar-refractivity contribution >= 4 is 5.91 Å². The summed E-state index contributed by atoms with van der Waals surface area (Å²) >= 11 is 0. The normalized spacial score (nSPS) is 43.2. The molecule has 0 aromatic heterocycles. The smallest absolute Gasteiger partial charge is 0.217 e. The van der Waals surface area contributed by atoms with Crippen molar-refractivity contribution in [2.75, 3.05) is 0 Å². The van der Waals surface area contributed by atoms with Crippen molar-refractivity contribution in [3.63, 3.8) is 0 Å². The molecular formula is C10H16FNO. The minimum atomic E-state index is -0.903. The quantitative estimate of drug-likeness (QED) is 0.664. The summed E-state index contributed by atoms with van der Waals surface area (Å²) in [7, 11) is 0. The second-order valence-corrected chi connectivity index (χ2v) is 4.61. The van der Waals surface area contributed by atoms with Crippen LogP contribution in [0, 0.1) is 0 Å². The average Bonchev–Trinajstić information content (AvgIpc) is 2.07. The van der Waals surface area contributed by atoms with Crippen LogP contribution in [0.2, 0.25) is 0 Å². The predicted molar refractivity (Wildman–Crippen MR) is 48.1 cm³/mol. The van der Waals surface area contributed by atoms with Crippen LogP contribution in [0.1, 0.15) is 45.4 Å². The second-order valence-electron chi connectivity index (χ2n) is 4.61. The monoisotopic (exact) mass is 185 g/mol. The number of halogens is 1. The van der Waals surface area contributed by atoms with Gasteiger partial charge in [0.1, 0.15) is 5.67 Å². The zero-order valence-electron chi connectivity index (χ0n) is 8.03. The lowest BCUT2D eigenvalue weighted by atomic mass is 9.64. The lowest BCUT2D eigenvalue weighted by Crippen LogP contribution is -2.57. The molecule has 3 aliphatic rings. The number of hydrogen-bond donors (Lipinski definition) is 1.